The van der Waals surface area contributed by atoms with Crippen LogP contribution in [0.5, 0.6) is 0 Å². The van der Waals surface area contributed by atoms with Gasteiger partial charge in [-0.15, -0.1) is 0 Å². The number of pyridine rings is 9. The van der Waals surface area contributed by atoms with Crippen molar-refractivity contribution in [1.29, 1.82) is 0 Å². The van der Waals surface area contributed by atoms with Crippen molar-refractivity contribution in [3.05, 3.63) is 386 Å². The molecule has 18 aromatic heterocycles. The Morgan fingerprint density at radius 3 is 0.921 bits per heavy atom. The van der Waals surface area contributed by atoms with Crippen LogP contribution >= 0.6 is 0 Å². The normalized spacial score (nSPS) is 11.9. The number of hydrogen-bond acceptors (Lipinski definition) is 14. The number of aromatic nitrogens is 27. The number of rotatable bonds is 33. The van der Waals surface area contributed by atoms with Gasteiger partial charge in [-0.25, -0.2) is 59.0 Å². The Hall–Kier alpha value is -12.4. The largest absolute Gasteiger partial charge is 1.00 e. The minimum atomic E-state index is 0. The molecule has 27 nitrogen and oxygen atoms in total. The van der Waals surface area contributed by atoms with E-state index in [0.29, 0.717) is 35.5 Å². The molecule has 18 heterocycles. The van der Waals surface area contributed by atoms with E-state index in [0.717, 1.165) is 172 Å². The number of hydrogen-bond donors (Lipinski definition) is 0. The molecular formula is C109H134N27Os2W2+2. The van der Waals surface area contributed by atoms with Crippen LogP contribution in [0.3, 0.4) is 0 Å². The summed E-state index contributed by atoms with van der Waals surface area (Å²) in [5.41, 5.74) is 13.6. The second-order valence-corrected chi connectivity index (χ2v) is 34.4. The van der Waals surface area contributed by atoms with Gasteiger partial charge in [-0.1, -0.05) is 75.2 Å². The van der Waals surface area contributed by atoms with Crippen LogP contribution in [0.1, 0.15) is 178 Å². The average molecular weight is 2570 g/mol. The minimum Gasteiger partial charge on any atom is -0.358 e. The van der Waals surface area contributed by atoms with E-state index in [1.54, 1.807) is 49.6 Å². The smallest absolute Gasteiger partial charge is 0.358 e. The molecule has 0 fully saturated rings. The molecule has 0 spiro atoms. The maximum absolute atomic E-state index is 4.66. The molecule has 0 bridgehead atoms. The predicted molar refractivity (Wildman–Crippen MR) is 536 cm³/mol. The van der Waals surface area contributed by atoms with Crippen LogP contribution in [0.15, 0.2) is 320 Å². The van der Waals surface area contributed by atoms with E-state index >= 15 is 0 Å². The molecule has 0 aliphatic carbocycles. The van der Waals surface area contributed by atoms with Crippen molar-refractivity contribution < 1.29 is 100.0 Å². The molecule has 0 N–H and O–H groups in total. The van der Waals surface area contributed by atoms with E-state index in [9.17, 15) is 0 Å². The summed E-state index contributed by atoms with van der Waals surface area (Å²) in [5, 5.41) is 0. The fourth-order valence-corrected chi connectivity index (χ4v) is 17.2. The van der Waals surface area contributed by atoms with E-state index in [4.69, 9.17) is 0 Å². The summed E-state index contributed by atoms with van der Waals surface area (Å²) in [4.78, 5) is 60.4. The Kier molecular flexibility index (Phi) is 46.8. The first-order valence-electron chi connectivity index (χ1n) is 46.8. The molecule has 0 saturated heterocycles. The van der Waals surface area contributed by atoms with Gasteiger partial charge in [0, 0.05) is 330 Å². The predicted octanol–water partition coefficient (Wildman–Crippen LogP) is 19.0. The van der Waals surface area contributed by atoms with Gasteiger partial charge in [0.2, 0.25) is 0 Å². The van der Waals surface area contributed by atoms with Gasteiger partial charge in [0.1, 0.15) is 18.8 Å². The molecule has 731 valence electrons. The van der Waals surface area contributed by atoms with Crippen LogP contribution in [-0.4, -0.2) is 111 Å². The average Bonchev–Trinajstić information content (AvgIpc) is 1.15. The maximum atomic E-state index is 4.66. The van der Waals surface area contributed by atoms with Crippen molar-refractivity contribution in [2.75, 3.05) is 0 Å². The molecule has 6 atom stereocenters. The van der Waals surface area contributed by atoms with E-state index in [-0.39, 0.29) is 89.1 Å². The van der Waals surface area contributed by atoms with E-state index < -0.39 is 0 Å². The van der Waals surface area contributed by atoms with Crippen molar-refractivity contribution in [3.63, 3.8) is 0 Å². The number of nitrogens with zero attached hydrogens (tertiary/aromatic N) is 27. The van der Waals surface area contributed by atoms with Gasteiger partial charge in [0.15, 0.2) is 77.2 Å². The van der Waals surface area contributed by atoms with E-state index in [1.165, 1.54) is 38.9 Å². The van der Waals surface area contributed by atoms with Gasteiger partial charge < -0.3 is 57.7 Å². The first-order chi connectivity index (χ1) is 65.8. The minimum absolute atomic E-state index is 0. The fourth-order valence-electron chi connectivity index (χ4n) is 17.2. The third-order valence-corrected chi connectivity index (χ3v) is 25.1. The van der Waals surface area contributed by atoms with Gasteiger partial charge in [-0.05, 0) is 195 Å². The molecule has 0 aliphatic heterocycles. The topological polar surface area (TPSA) is 240 Å². The summed E-state index contributed by atoms with van der Waals surface area (Å²) in [6.45, 7) is 14.2. The van der Waals surface area contributed by atoms with Crippen molar-refractivity contribution in [1.82, 2.24) is 111 Å². The van der Waals surface area contributed by atoms with E-state index in [1.807, 2.05) is 238 Å². The molecule has 18 aromatic rings. The monoisotopic (exact) mass is 2570 g/mol. The first kappa shape index (κ1) is 113. The maximum Gasteiger partial charge on any atom is 1.00 e. The second-order valence-electron chi connectivity index (χ2n) is 34.4. The van der Waals surface area contributed by atoms with Crippen LogP contribution in [0.4, 0.5) is 0 Å². The molecule has 140 heavy (non-hydrogen) atoms. The summed E-state index contributed by atoms with van der Waals surface area (Å²) in [6.07, 6.45) is 75.4. The molecule has 0 amide bonds. The molecule has 18 rings (SSSR count). The van der Waals surface area contributed by atoms with Crippen LogP contribution in [0.25, 0.3) is 69.5 Å². The van der Waals surface area contributed by atoms with Crippen LogP contribution < -0.4 is 18.3 Å². The third-order valence-electron chi connectivity index (χ3n) is 25.1. The van der Waals surface area contributed by atoms with Crippen molar-refractivity contribution in [3.8, 4) is 69.5 Å². The standard InChI is InChI=1S/C39H46N5.C37H45N6.4C8H10N4.CH3.2Os.2W/c1-4-32(35-15-24-43(3)25-16-35)29-37(34-13-20-40-21-14-34)30-33(5-2)36-17-26-44(27-18-36)23-9-7-10-31-12-22-42-39(28-31)38-11-6-8-19-41-38;1-5-30(33-13-22-41(4)23-14-33)27-35(32-11-17-38-18-12-32)28-31(6-2)34-15-24-42(25-16-34)20-8-21-43-26-19-39-37(43)36-10-7-9-29(3)40-36;4*1-11-5-3-9-7(11)8-10-4-6-12(8)2;;;;;/h6,8,11-22,24-28,32-33,37H,3-5,7,9-10,23,29-30H2,1-2H3;7,9-19,22-26,30-31,35H,4-6,8,20-21,27-28H2,1-3H3;4*3-6H,1-2H3;1H3;;;;/q2*+1;;;;;-1;;+1;;. The molecular weight excluding hydrogens is 2440 g/mol. The van der Waals surface area contributed by atoms with Crippen molar-refractivity contribution >= 4 is 0 Å². The van der Waals surface area contributed by atoms with Gasteiger partial charge in [0.25, 0.3) is 0 Å². The zero-order chi connectivity index (χ0) is 94.8. The Labute approximate surface area is 882 Å². The van der Waals surface area contributed by atoms with Gasteiger partial charge >= 0.3 is 19.8 Å². The fraction of sp³-hybridized carbons (Fsp3) is 0.312. The molecule has 0 saturated carbocycles. The Morgan fingerprint density at radius 1 is 0.300 bits per heavy atom. The summed E-state index contributed by atoms with van der Waals surface area (Å²) in [7, 11) is 23.6. The van der Waals surface area contributed by atoms with Crippen molar-refractivity contribution in [2.24, 2.45) is 56.4 Å². The summed E-state index contributed by atoms with van der Waals surface area (Å²) in [6, 6.07) is 43.5. The summed E-state index contributed by atoms with van der Waals surface area (Å²) < 4.78 is 26.1. The van der Waals surface area contributed by atoms with Gasteiger partial charge in [-0.3, -0.25) is 19.9 Å². The SMILES string of the molecule is Cn1ccnc1-c1nccn1C.Cn1ccnc1-c1nccn1C.Cn1ccnc1-c1nccn1C.Cn1ccnc1-c1nccn1C.[CH2-][n+]1ccc(C(CC)CC(CC(CC)c2cc[n+](CCCCc3ccnc(-c4ccccn4)c3)cc2)c2ccncc2)cc1.[CH2-][n+]1ccc(C(CC)CC(CC(CC)c2cc[n+](CCCn3ccnc3-c3cccc(C)n3)cc2)c2ccncc2)cc1.[CH3-].[Os+].[Os].[W].[W]. The molecule has 0 aromatic carbocycles. The zero-order valence-corrected chi connectivity index (χ0v) is 94.1. The summed E-state index contributed by atoms with van der Waals surface area (Å²) >= 11 is 0. The zero-order valence-electron chi connectivity index (χ0n) is 83.1. The summed E-state index contributed by atoms with van der Waals surface area (Å²) in [5.74, 6) is 11.0. The second kappa shape index (κ2) is 58.0. The quantitative estimate of drug-likeness (QED) is 0.0211. The van der Waals surface area contributed by atoms with Gasteiger partial charge in [-0.2, -0.15) is 0 Å². The molecule has 31 heteroatoms. The Balaban J connectivity index is 0.000000227. The number of unbranched alkanes of at least 4 members (excludes halogenated alkanes) is 1. The number of aryl methyl sites for hydroxylation is 13. The van der Waals surface area contributed by atoms with Crippen LogP contribution in [0, 0.1) is 28.4 Å². The Bertz CT molecular complexity index is 6040. The molecule has 6 unspecified atom stereocenters. The van der Waals surface area contributed by atoms with Gasteiger partial charge in [0.05, 0.1) is 36.2 Å². The van der Waals surface area contributed by atoms with Crippen LogP contribution in [-0.2, 0) is 164 Å². The molecule has 0 aliphatic rings. The first-order valence-corrected chi connectivity index (χ1v) is 46.8. The van der Waals surface area contributed by atoms with E-state index in [2.05, 4.69) is 266 Å². The van der Waals surface area contributed by atoms with Crippen molar-refractivity contribution in [2.45, 2.75) is 167 Å². The number of imidazole rings is 9. The Morgan fingerprint density at radius 2 is 0.607 bits per heavy atom. The third kappa shape index (κ3) is 32.1. The molecule has 1 radical (unpaired) electrons. The van der Waals surface area contributed by atoms with Crippen LogP contribution in [0.2, 0.25) is 0 Å².